The molecule has 1 N–H and O–H groups in total. The minimum absolute atomic E-state index is 0. The van der Waals surface area contributed by atoms with Crippen molar-refractivity contribution in [3.05, 3.63) is 70.8 Å². The molecule has 8 nitrogen and oxygen atoms in total. The molecule has 0 bridgehead atoms. The molecule has 0 atom stereocenters. The predicted octanol–water partition coefficient (Wildman–Crippen LogP) is -2.26. The first kappa shape index (κ1) is 58.3. The minimum atomic E-state index is -0.983. The summed E-state index contributed by atoms with van der Waals surface area (Å²) in [6.45, 7) is 0. The van der Waals surface area contributed by atoms with E-state index >= 15 is 0 Å². The molecule has 0 amide bonds. The number of hydrogen-bond donors (Lipinski definition) is 1. The third-order valence-corrected chi connectivity index (χ3v) is 4.54. The number of aromatic nitrogens is 3. The number of anilines is 2. The number of benzene rings is 2. The van der Waals surface area contributed by atoms with Crippen molar-refractivity contribution in [3.63, 3.8) is 0 Å². The molecule has 4 aromatic rings. The Bertz CT molecular complexity index is 1280. The molecule has 0 aliphatic rings. The monoisotopic (exact) mass is 823 g/mol. The van der Waals surface area contributed by atoms with Gasteiger partial charge in [-0.25, -0.2) is 9.97 Å². The Hall–Kier alpha value is 14.0. The number of rotatable bonds is 5. The number of nitro benzene ring substituents is 1. The van der Waals surface area contributed by atoms with Gasteiger partial charge in [0.1, 0.15) is 5.75 Å². The summed E-state index contributed by atoms with van der Waals surface area (Å²) in [6, 6.07) is 11.7. The molecule has 0 saturated heterocycles. The van der Waals surface area contributed by atoms with Crippen LogP contribution in [0.2, 0.25) is 0 Å². The third-order valence-electron chi connectivity index (χ3n) is 4.54. The maximum atomic E-state index is 13.9. The first-order valence-electron chi connectivity index (χ1n) is 13.6. The fourth-order valence-electron chi connectivity index (χ4n) is 3.19. The molecule has 0 radical (unpaired) electrons. The Morgan fingerprint density at radius 2 is 1.57 bits per heavy atom. The SMILES string of the molecule is COc1cc(F)c([N+](=O)[O-])cc1Nc1nccc(-c2cn(C)c3ccccc23)n1.[H-].[K+].[K][K].[K][K].[K][K].[K][K].[K][K]. The molecule has 0 unspecified atom stereocenters. The second kappa shape index (κ2) is 39.8. The normalized spacial score (nSPS) is 8.88. The van der Waals surface area contributed by atoms with E-state index in [9.17, 15) is 14.5 Å². The Balaban J connectivity index is -0.000000517. The van der Waals surface area contributed by atoms with Crippen LogP contribution >= 0.6 is 0 Å². The number of aryl methyl sites for hydroxylation is 1. The zero-order valence-electron chi connectivity index (χ0n) is 27.6. The fraction of sp³-hybridized carbons (Fsp3) is 0.100. The molecule has 20 heteroatoms. The van der Waals surface area contributed by atoms with Crippen LogP contribution in [-0.4, -0.2) is 342 Å². The van der Waals surface area contributed by atoms with E-state index in [1.165, 1.54) is 323 Å². The number of halogens is 1. The van der Waals surface area contributed by atoms with E-state index in [1.807, 2.05) is 42.1 Å². The van der Waals surface area contributed by atoms with Gasteiger partial charge in [-0.3, -0.25) is 10.1 Å². The Labute approximate surface area is 506 Å². The second-order valence-electron chi connectivity index (χ2n) is 6.32. The summed E-state index contributed by atoms with van der Waals surface area (Å²) in [7, 11) is 3.30. The van der Waals surface area contributed by atoms with Gasteiger partial charge in [0, 0.05) is 48.0 Å². The molecule has 0 aliphatic heterocycles. The molecule has 2 aromatic heterocycles. The number of methoxy groups -OCH3 is 1. The van der Waals surface area contributed by atoms with Gasteiger partial charge in [0.15, 0.2) is 0 Å². The summed E-state index contributed by atoms with van der Waals surface area (Å²) in [6.07, 6.45) is 3.55. The maximum absolute atomic E-state index is 13.9. The topological polar surface area (TPSA) is 95.1 Å². The van der Waals surface area contributed by atoms with E-state index in [-0.39, 0.29) is 70.2 Å². The van der Waals surface area contributed by atoms with Crippen LogP contribution < -0.4 is 61.4 Å². The summed E-state index contributed by atoms with van der Waals surface area (Å²) in [5.41, 5.74) is 2.18. The van der Waals surface area contributed by atoms with Crippen molar-refractivity contribution in [2.75, 3.05) is 12.4 Å². The van der Waals surface area contributed by atoms with Crippen LogP contribution in [-0.2, 0) is 7.05 Å². The van der Waals surface area contributed by atoms with E-state index in [4.69, 9.17) is 4.74 Å². The summed E-state index contributed by atoms with van der Waals surface area (Å²) >= 11 is 12.5. The number of nitro groups is 1. The first-order chi connectivity index (χ1) is 19.0. The van der Waals surface area contributed by atoms with Crippen LogP contribution in [0.15, 0.2) is 54.9 Å². The number of fused-ring (bicyclic) bond motifs is 1. The van der Waals surface area contributed by atoms with Crippen LogP contribution in [0.1, 0.15) is 1.43 Å². The average molecular weight is 824 g/mol. The van der Waals surface area contributed by atoms with E-state index < -0.39 is 16.4 Å². The zero-order chi connectivity index (χ0) is 30.5. The van der Waals surface area contributed by atoms with Crippen LogP contribution in [0, 0.1) is 15.9 Å². The Morgan fingerprint density at radius 1 is 1.00 bits per heavy atom. The first-order valence-corrected chi connectivity index (χ1v) is 93.6. The van der Waals surface area contributed by atoms with Crippen molar-refractivity contribution in [1.29, 1.82) is 0 Å². The van der Waals surface area contributed by atoms with Crippen LogP contribution in [0.3, 0.4) is 0 Å². The van der Waals surface area contributed by atoms with E-state index in [0.29, 0.717) is 5.69 Å². The second-order valence-corrected chi connectivity index (χ2v) is 6.32. The molecule has 0 saturated carbocycles. The van der Waals surface area contributed by atoms with Crippen molar-refractivity contribution < 1.29 is 66.9 Å². The molecule has 40 heavy (non-hydrogen) atoms. The van der Waals surface area contributed by atoms with Crippen LogP contribution in [0.5, 0.6) is 5.75 Å². The zero-order valence-corrected chi connectivity index (χ0v) is 60.9. The molecule has 0 aliphatic carbocycles. The van der Waals surface area contributed by atoms with E-state index in [2.05, 4.69) is 15.3 Å². The Morgan fingerprint density at radius 3 is 2.12 bits per heavy atom. The van der Waals surface area contributed by atoms with Gasteiger partial charge in [-0.2, -0.15) is 4.39 Å². The van der Waals surface area contributed by atoms with Gasteiger partial charge < -0.3 is 16.0 Å². The third kappa shape index (κ3) is 22.8. The van der Waals surface area contributed by atoms with Gasteiger partial charge in [0.05, 0.1) is 23.4 Å². The van der Waals surface area contributed by atoms with Gasteiger partial charge in [-0.1, -0.05) is 18.2 Å². The van der Waals surface area contributed by atoms with E-state index in [0.717, 1.165) is 28.6 Å². The molecule has 4 rings (SSSR count). The van der Waals surface area contributed by atoms with Crippen molar-refractivity contribution in [3.8, 4) is 17.0 Å². The molecule has 2 aromatic carbocycles. The van der Waals surface area contributed by atoms with Crippen molar-refractivity contribution in [2.45, 2.75) is 0 Å². The van der Waals surface area contributed by atoms with Crippen LogP contribution in [0.25, 0.3) is 22.2 Å². The number of hydrogen-bond acceptors (Lipinski definition) is 6. The molecular formula is C20H17FK11N5O3. The number of ether oxygens (including phenoxy) is 1. The quantitative estimate of drug-likeness (QED) is 0.139. The van der Waals surface area contributed by atoms with E-state index in [1.54, 1.807) is 12.3 Å². The van der Waals surface area contributed by atoms with Crippen molar-refractivity contribution in [2.24, 2.45) is 7.05 Å². The molecule has 2 heterocycles. The summed E-state index contributed by atoms with van der Waals surface area (Å²) in [5, 5.41) is 15.0. The van der Waals surface area contributed by atoms with Gasteiger partial charge in [-0.05, 0) is 12.1 Å². The summed E-state index contributed by atoms with van der Waals surface area (Å²) in [4.78, 5) is 18.9. The fourth-order valence-corrected chi connectivity index (χ4v) is 3.19. The van der Waals surface area contributed by atoms with Gasteiger partial charge >= 0.3 is 373 Å². The summed E-state index contributed by atoms with van der Waals surface area (Å²) < 4.78 is 21.0. The number of nitrogens with one attached hydrogen (secondary N) is 1. The molecule has 0 fully saturated rings. The van der Waals surface area contributed by atoms with Gasteiger partial charge in [0.2, 0.25) is 11.8 Å². The molecule has 0 spiro atoms. The number of para-hydroxylation sites is 1. The standard InChI is InChI=1S/C20H16FN5O3.11K.H/c1-25-11-13(12-5-3-4-6-17(12)25)15-7-8-22-20(23-15)24-16-10-18(26(27)28)14(21)9-19(16)29-2;;;;;;;;;;;;/h3-11H,1-2H3,(H,22,23,24);;;;;;;;;;;;/q;;;;;;;;;;;+1;-1. The van der Waals surface area contributed by atoms with Gasteiger partial charge in [-0.15, -0.1) is 0 Å². The van der Waals surface area contributed by atoms with Crippen molar-refractivity contribution >= 4 is 344 Å². The van der Waals surface area contributed by atoms with Gasteiger partial charge in [0.25, 0.3) is 0 Å². The molecule has 158 valence electrons. The number of nitrogens with zero attached hydrogens (tertiary/aromatic N) is 4. The Kier molecular flexibility index (Phi) is 58.0. The summed E-state index contributed by atoms with van der Waals surface area (Å²) in [5.74, 6) is -0.676. The predicted molar refractivity (Wildman–Crippen MR) is 165 cm³/mol. The van der Waals surface area contributed by atoms with Crippen LogP contribution in [0.4, 0.5) is 21.7 Å². The molecular weight excluding hydrogens is 807 g/mol. The van der Waals surface area contributed by atoms with Crippen molar-refractivity contribution in [1.82, 2.24) is 14.5 Å². The average Bonchev–Trinajstić information content (AvgIpc) is 3.35.